The number of hydrogen-bond acceptors (Lipinski definition) is 16. The lowest BCUT2D eigenvalue weighted by molar-refractivity contribution is -0.117. The van der Waals surface area contributed by atoms with Crippen LogP contribution in [0.25, 0.3) is 55.8 Å². The maximum Gasteiger partial charge on any atom is 0.229 e. The topological polar surface area (TPSA) is 300 Å². The molecule has 652 valence electrons. The van der Waals surface area contributed by atoms with Crippen LogP contribution in [-0.2, 0) is 148 Å². The molecule has 4 heterocycles. The average molecular weight is 1700 g/mol. The molecule has 20 heteroatoms. The summed E-state index contributed by atoms with van der Waals surface area (Å²) in [6.07, 6.45) is 13.3. The summed E-state index contributed by atoms with van der Waals surface area (Å²) in [4.78, 5) is 90.4. The number of hydrogen-bond donors (Lipinski definition) is 8. The third-order valence-electron chi connectivity index (χ3n) is 23.1. The van der Waals surface area contributed by atoms with Gasteiger partial charge in [0.1, 0.15) is 0 Å². The van der Waals surface area contributed by atoms with E-state index in [1.54, 1.807) is 0 Å². The molecule has 8 N–H and O–H groups in total. The van der Waals surface area contributed by atoms with Gasteiger partial charge < -0.3 is 41.7 Å². The lowest BCUT2D eigenvalue weighted by Crippen LogP contribution is -2.20. The summed E-state index contributed by atoms with van der Waals surface area (Å²) in [5.74, 6) is 3.72. The molecule has 13 aromatic rings. The summed E-state index contributed by atoms with van der Waals surface area (Å²) in [5, 5.41) is 52.3. The minimum absolute atomic E-state index is 0.0102. The van der Waals surface area contributed by atoms with Crippen LogP contribution in [0.15, 0.2) is 206 Å². The van der Waals surface area contributed by atoms with Crippen molar-refractivity contribution < 1.29 is 39.6 Å². The minimum Gasteiger partial charge on any atom is -0.392 e. The number of nitrogens with zero attached hydrogens (tertiary/aromatic N) is 8. The molecule has 0 bridgehead atoms. The molecule has 4 amide bonds. The van der Waals surface area contributed by atoms with Crippen LogP contribution < -0.4 is 21.3 Å². The number of fused-ring (bicyclic) bond motifs is 13. The van der Waals surface area contributed by atoms with E-state index in [1.807, 2.05) is 146 Å². The van der Waals surface area contributed by atoms with Crippen molar-refractivity contribution in [2.45, 2.75) is 204 Å². The summed E-state index contributed by atoms with van der Waals surface area (Å²) in [5.41, 5.74) is 27.7. The Bertz CT molecular complexity index is 6080. The molecule has 0 saturated heterocycles. The highest BCUT2D eigenvalue weighted by atomic mass is 16.3. The summed E-state index contributed by atoms with van der Waals surface area (Å²) < 4.78 is 0. The Morgan fingerprint density at radius 1 is 0.283 bits per heavy atom. The molecule has 20 nitrogen and oxygen atoms in total. The average Bonchev–Trinajstić information content (AvgIpc) is 0.783. The smallest absolute Gasteiger partial charge is 0.229 e. The molecule has 17 rings (SSSR count). The van der Waals surface area contributed by atoms with Crippen molar-refractivity contribution >= 4 is 57.7 Å². The van der Waals surface area contributed by atoms with E-state index in [1.165, 1.54) is 27.8 Å². The van der Waals surface area contributed by atoms with Gasteiger partial charge in [0.2, 0.25) is 23.6 Å². The van der Waals surface area contributed by atoms with Crippen LogP contribution in [0.2, 0.25) is 0 Å². The number of carbonyl (C=O) groups is 4. The first kappa shape index (κ1) is 90.5. The Kier molecular flexibility index (Phi) is 30.6. The number of benzene rings is 9. The molecule has 0 unspecified atom stereocenters. The third kappa shape index (κ3) is 23.9. The van der Waals surface area contributed by atoms with E-state index in [9.17, 15) is 39.6 Å². The number of aliphatic hydroxyl groups excluding tert-OH is 4. The van der Waals surface area contributed by atoms with Crippen LogP contribution >= 0.6 is 0 Å². The van der Waals surface area contributed by atoms with E-state index in [2.05, 4.69) is 137 Å². The maximum absolute atomic E-state index is 13.0. The first-order valence-corrected chi connectivity index (χ1v) is 44.9. The number of amides is 4. The predicted molar refractivity (Wildman–Crippen MR) is 504 cm³/mol. The molecule has 0 saturated carbocycles. The van der Waals surface area contributed by atoms with Crippen molar-refractivity contribution in [3.8, 4) is 45.0 Å². The Labute approximate surface area is 745 Å². The lowest BCUT2D eigenvalue weighted by atomic mass is 9.90. The summed E-state index contributed by atoms with van der Waals surface area (Å²) in [6, 6.07) is 68.4. The van der Waals surface area contributed by atoms with Gasteiger partial charge in [0, 0.05) is 35.1 Å². The van der Waals surface area contributed by atoms with Crippen molar-refractivity contribution in [2.24, 2.45) is 23.7 Å². The standard InChI is InChI=1S/C29H29N3O2.C27H31N3O2.C26H29N3O2.C25H27N3O2/c1-18(2)13-26-29(32-27(34)16-19-7-9-21-5-3-4-6-22(21)14-19)31-25-12-10-23-15-20(17-33)8-11-24(23)28(25)30-26;1-18(2)15-24-27(30-25(32)10-6-9-19-7-4-3-5-8-19)29-23-14-12-21-16-20(17-31)11-13-22(21)26(23)28-24;1-17(2)14-23-26(29-24(31)13-9-18-6-4-3-5-7-18)28-22-12-10-20-15-19(16-30)8-11-21(20)25(22)27-23;1-16(2)12-22-25(28-23(30)14-17-6-4-3-5-7-17)27-21-11-9-19-13-18(15-29)8-10-20(19)24(21)26-22/h3-9,11,14-15,18,33H,10,12-13,16-17H2,1-2H3,(H,31,32,34);3-5,7-8,11,13,16,18,31H,6,9-10,12,14-15,17H2,1-2H3,(H,29,30,32);3-8,11,15,17,30H,9-10,12-14,16H2,1-2H3,(H,28,29,31);3-8,10,13,16,29H,9,11-12,14-15H2,1-2H3,(H,27,28,30). The number of aliphatic hydroxyl groups is 4. The van der Waals surface area contributed by atoms with Crippen molar-refractivity contribution in [2.75, 3.05) is 21.3 Å². The second kappa shape index (κ2) is 43.0. The van der Waals surface area contributed by atoms with Gasteiger partial charge in [-0.1, -0.05) is 262 Å². The second-order valence-corrected chi connectivity index (χ2v) is 35.3. The zero-order chi connectivity index (χ0) is 89.0. The van der Waals surface area contributed by atoms with Crippen LogP contribution in [0.4, 0.5) is 23.3 Å². The van der Waals surface area contributed by atoms with Crippen LogP contribution in [0, 0.1) is 23.7 Å². The SMILES string of the molecule is CC(C)Cc1nc2c(nc1NC(=O)CCCc1ccccc1)CCc1cc(CO)ccc1-2.CC(C)Cc1nc2c(nc1NC(=O)CCc1ccccc1)CCc1cc(CO)ccc1-2.CC(C)Cc1nc2c(nc1NC(=O)Cc1ccc3ccccc3c1)CCc1cc(CO)ccc1-2.CC(C)Cc1nc2c(nc1NC(=O)Cc1ccccc1)CCc1cc(CO)ccc1-2. The van der Waals surface area contributed by atoms with E-state index < -0.39 is 0 Å². The number of nitrogens with one attached hydrogen (secondary N) is 4. The number of anilines is 4. The fraction of sp³-hybridized carbons (Fsp3) is 0.327. The van der Waals surface area contributed by atoms with E-state index in [0.29, 0.717) is 72.6 Å². The molecule has 0 radical (unpaired) electrons. The third-order valence-corrected chi connectivity index (χ3v) is 23.1. The molecule has 0 fully saturated rings. The van der Waals surface area contributed by atoms with Crippen LogP contribution in [0.1, 0.15) is 187 Å². The van der Waals surface area contributed by atoms with Gasteiger partial charge in [0.15, 0.2) is 23.3 Å². The van der Waals surface area contributed by atoms with E-state index in [-0.39, 0.29) is 56.5 Å². The van der Waals surface area contributed by atoms with Gasteiger partial charge in [0.05, 0.1) is 108 Å². The molecule has 4 aliphatic rings. The number of carbonyl (C=O) groups excluding carboxylic acids is 4. The van der Waals surface area contributed by atoms with Gasteiger partial charge in [0.25, 0.3) is 0 Å². The maximum atomic E-state index is 13.0. The van der Waals surface area contributed by atoms with Gasteiger partial charge in [-0.05, 0) is 198 Å². The molecule has 4 aromatic heterocycles. The van der Waals surface area contributed by atoms with Gasteiger partial charge >= 0.3 is 0 Å². The Balaban J connectivity index is 0.000000137. The van der Waals surface area contributed by atoms with Crippen LogP contribution in [0.3, 0.4) is 0 Å². The first-order valence-electron chi connectivity index (χ1n) is 44.9. The fourth-order valence-corrected chi connectivity index (χ4v) is 16.9. The minimum atomic E-state index is -0.0849. The second-order valence-electron chi connectivity index (χ2n) is 35.3. The lowest BCUT2D eigenvalue weighted by Gasteiger charge is -2.22. The van der Waals surface area contributed by atoms with Crippen molar-refractivity contribution in [3.05, 3.63) is 319 Å². The van der Waals surface area contributed by atoms with E-state index in [4.69, 9.17) is 39.9 Å². The molecule has 0 spiro atoms. The van der Waals surface area contributed by atoms with Crippen molar-refractivity contribution in [3.63, 3.8) is 0 Å². The van der Waals surface area contributed by atoms with Crippen molar-refractivity contribution in [1.29, 1.82) is 0 Å². The molecular weight excluding hydrogens is 1580 g/mol. The highest BCUT2D eigenvalue weighted by Crippen LogP contribution is 2.40. The van der Waals surface area contributed by atoms with Crippen LogP contribution in [0.5, 0.6) is 0 Å². The number of rotatable bonds is 27. The van der Waals surface area contributed by atoms with Gasteiger partial charge in [-0.15, -0.1) is 0 Å². The van der Waals surface area contributed by atoms with Crippen LogP contribution in [-0.4, -0.2) is 83.9 Å². The highest BCUT2D eigenvalue weighted by Gasteiger charge is 2.29. The first-order chi connectivity index (χ1) is 61.6. The molecular formula is C107H116N12O8. The van der Waals surface area contributed by atoms with Crippen molar-refractivity contribution in [1.82, 2.24) is 39.9 Å². The zero-order valence-corrected chi connectivity index (χ0v) is 74.2. The predicted octanol–water partition coefficient (Wildman–Crippen LogP) is 18.8. The number of aromatic nitrogens is 8. The monoisotopic (exact) mass is 1700 g/mol. The van der Waals surface area contributed by atoms with E-state index in [0.717, 1.165) is 230 Å². The Morgan fingerprint density at radius 3 is 0.913 bits per heavy atom. The zero-order valence-electron chi connectivity index (χ0n) is 74.2. The normalized spacial score (nSPS) is 12.4. The molecule has 9 aromatic carbocycles. The molecule has 4 aliphatic carbocycles. The van der Waals surface area contributed by atoms with Gasteiger partial charge in [-0.2, -0.15) is 0 Å². The summed E-state index contributed by atoms with van der Waals surface area (Å²) >= 11 is 0. The van der Waals surface area contributed by atoms with Gasteiger partial charge in [-0.25, -0.2) is 39.9 Å². The molecule has 0 aliphatic heterocycles. The Morgan fingerprint density at radius 2 is 0.575 bits per heavy atom. The molecule has 0 atom stereocenters. The highest BCUT2D eigenvalue weighted by molar-refractivity contribution is 5.95. The Hall–Kier alpha value is -12.7. The van der Waals surface area contributed by atoms with Gasteiger partial charge in [-0.3, -0.25) is 19.2 Å². The summed E-state index contributed by atoms with van der Waals surface area (Å²) in [6.45, 7) is 17.3. The fourth-order valence-electron chi connectivity index (χ4n) is 16.9. The number of aryl methyl sites for hydroxylation is 10. The van der Waals surface area contributed by atoms with E-state index >= 15 is 0 Å². The summed E-state index contributed by atoms with van der Waals surface area (Å²) in [7, 11) is 0. The quantitative estimate of drug-likeness (QED) is 0.0237. The molecule has 127 heavy (non-hydrogen) atoms. The largest absolute Gasteiger partial charge is 0.392 e.